The minimum Gasteiger partial charge on any atom is -0.271 e. The monoisotopic (exact) mass is 280 g/mol. The number of nitrogens with one attached hydrogen (secondary N) is 1. The van der Waals surface area contributed by atoms with Crippen LogP contribution in [-0.2, 0) is 12.6 Å². The summed E-state index contributed by atoms with van der Waals surface area (Å²) < 4.78 is 39.0. The third-order valence-corrected chi connectivity index (χ3v) is 3.13. The summed E-state index contributed by atoms with van der Waals surface area (Å²) in [6.45, 7) is 0. The highest BCUT2D eigenvalue weighted by atomic mass is 19.4. The zero-order valence-corrected chi connectivity index (χ0v) is 10.7. The van der Waals surface area contributed by atoms with E-state index in [0.29, 0.717) is 6.42 Å². The summed E-state index contributed by atoms with van der Waals surface area (Å²) in [5, 5.41) is 0. The van der Waals surface area contributed by atoms with Crippen molar-refractivity contribution in [3.8, 4) is 0 Å². The van der Waals surface area contributed by atoms with Gasteiger partial charge in [0.1, 0.15) is 0 Å². The molecular weight excluding hydrogens is 265 g/mol. The topological polar surface area (TPSA) is 38.0 Å². The average molecular weight is 280 g/mol. The van der Waals surface area contributed by atoms with Gasteiger partial charge in [0.05, 0.1) is 11.6 Å². The Bertz CT molecular complexity index is 553. The Morgan fingerprint density at radius 2 is 1.55 bits per heavy atom. The van der Waals surface area contributed by atoms with Crippen LogP contribution in [0.15, 0.2) is 54.6 Å². The van der Waals surface area contributed by atoms with Gasteiger partial charge < -0.3 is 0 Å². The second-order valence-corrected chi connectivity index (χ2v) is 4.49. The smallest absolute Gasteiger partial charge is 0.271 e. The number of hydrogen-bond acceptors (Lipinski definition) is 2. The molecule has 1 atom stereocenters. The van der Waals surface area contributed by atoms with E-state index < -0.39 is 17.8 Å². The average Bonchev–Trinajstić information content (AvgIpc) is 2.45. The highest BCUT2D eigenvalue weighted by molar-refractivity contribution is 5.33. The Hall–Kier alpha value is -1.85. The standard InChI is InChI=1S/C15H15F3N2/c16-15(17,18)13-9-5-4-8-12(13)14(20-19)10-11-6-2-1-3-7-11/h1-9,14,20H,10,19H2. The zero-order valence-electron chi connectivity index (χ0n) is 10.7. The van der Waals surface area contributed by atoms with Crippen LogP contribution in [0, 0.1) is 0 Å². The Balaban J connectivity index is 2.33. The van der Waals surface area contributed by atoms with Crippen molar-refractivity contribution in [3.05, 3.63) is 71.3 Å². The largest absolute Gasteiger partial charge is 0.416 e. The summed E-state index contributed by atoms with van der Waals surface area (Å²) in [4.78, 5) is 0. The molecule has 0 radical (unpaired) electrons. The maximum Gasteiger partial charge on any atom is 0.416 e. The van der Waals surface area contributed by atoms with Crippen molar-refractivity contribution in [1.29, 1.82) is 0 Å². The molecule has 0 amide bonds. The molecule has 0 aliphatic heterocycles. The normalized spacial score (nSPS) is 13.2. The molecule has 5 heteroatoms. The van der Waals surface area contributed by atoms with Crippen LogP contribution < -0.4 is 11.3 Å². The number of benzene rings is 2. The van der Waals surface area contributed by atoms with Gasteiger partial charge in [-0.05, 0) is 23.6 Å². The van der Waals surface area contributed by atoms with Gasteiger partial charge in [0.15, 0.2) is 0 Å². The predicted molar refractivity (Wildman–Crippen MR) is 71.7 cm³/mol. The lowest BCUT2D eigenvalue weighted by molar-refractivity contribution is -0.138. The molecule has 106 valence electrons. The van der Waals surface area contributed by atoms with E-state index in [9.17, 15) is 13.2 Å². The lowest BCUT2D eigenvalue weighted by Gasteiger charge is -2.21. The van der Waals surface area contributed by atoms with Crippen LogP contribution in [0.25, 0.3) is 0 Å². The fourth-order valence-electron chi connectivity index (χ4n) is 2.17. The van der Waals surface area contributed by atoms with Gasteiger partial charge in [-0.25, -0.2) is 0 Å². The van der Waals surface area contributed by atoms with Crippen molar-refractivity contribution >= 4 is 0 Å². The minimum absolute atomic E-state index is 0.159. The van der Waals surface area contributed by atoms with E-state index in [-0.39, 0.29) is 5.56 Å². The van der Waals surface area contributed by atoms with Gasteiger partial charge in [-0.2, -0.15) is 13.2 Å². The van der Waals surface area contributed by atoms with Gasteiger partial charge in [0.25, 0.3) is 0 Å². The van der Waals surface area contributed by atoms with Crippen LogP contribution in [0.4, 0.5) is 13.2 Å². The molecule has 0 bridgehead atoms. The maximum absolute atomic E-state index is 13.0. The lowest BCUT2D eigenvalue weighted by Crippen LogP contribution is -2.31. The van der Waals surface area contributed by atoms with Crippen LogP contribution in [0.3, 0.4) is 0 Å². The summed E-state index contributed by atoms with van der Waals surface area (Å²) >= 11 is 0. The summed E-state index contributed by atoms with van der Waals surface area (Å²) in [6.07, 6.45) is -3.99. The summed E-state index contributed by atoms with van der Waals surface area (Å²) in [7, 11) is 0. The zero-order chi connectivity index (χ0) is 14.6. The van der Waals surface area contributed by atoms with Crippen molar-refractivity contribution in [2.75, 3.05) is 0 Å². The van der Waals surface area contributed by atoms with Gasteiger partial charge in [-0.3, -0.25) is 11.3 Å². The van der Waals surface area contributed by atoms with E-state index in [1.165, 1.54) is 12.1 Å². The quantitative estimate of drug-likeness (QED) is 0.665. The van der Waals surface area contributed by atoms with Gasteiger partial charge >= 0.3 is 6.18 Å². The molecule has 2 nitrogen and oxygen atoms in total. The van der Waals surface area contributed by atoms with Crippen LogP contribution in [0.2, 0.25) is 0 Å². The minimum atomic E-state index is -4.39. The summed E-state index contributed by atoms with van der Waals surface area (Å²) in [5.41, 5.74) is 2.91. The Morgan fingerprint density at radius 3 is 2.15 bits per heavy atom. The van der Waals surface area contributed by atoms with Crippen LogP contribution >= 0.6 is 0 Å². The van der Waals surface area contributed by atoms with E-state index in [1.54, 1.807) is 6.07 Å². The number of hydrogen-bond donors (Lipinski definition) is 2. The number of alkyl halides is 3. The van der Waals surface area contributed by atoms with Gasteiger partial charge in [0, 0.05) is 0 Å². The molecule has 2 rings (SSSR count). The molecule has 0 saturated heterocycles. The Morgan fingerprint density at radius 1 is 0.950 bits per heavy atom. The highest BCUT2D eigenvalue weighted by Crippen LogP contribution is 2.35. The molecule has 0 aliphatic rings. The lowest BCUT2D eigenvalue weighted by atomic mass is 9.95. The molecule has 2 aromatic rings. The first kappa shape index (κ1) is 14.6. The molecule has 0 spiro atoms. The van der Waals surface area contributed by atoms with E-state index in [2.05, 4.69) is 5.43 Å². The third kappa shape index (κ3) is 3.37. The van der Waals surface area contributed by atoms with Crippen molar-refractivity contribution in [2.45, 2.75) is 18.6 Å². The fraction of sp³-hybridized carbons (Fsp3) is 0.200. The summed E-state index contributed by atoms with van der Waals surface area (Å²) in [6, 6.07) is 14.2. The van der Waals surface area contributed by atoms with Crippen LogP contribution in [0.5, 0.6) is 0 Å². The molecule has 3 N–H and O–H groups in total. The molecule has 0 saturated carbocycles. The maximum atomic E-state index is 13.0. The highest BCUT2D eigenvalue weighted by Gasteiger charge is 2.34. The van der Waals surface area contributed by atoms with E-state index >= 15 is 0 Å². The second-order valence-electron chi connectivity index (χ2n) is 4.49. The van der Waals surface area contributed by atoms with Crippen LogP contribution in [0.1, 0.15) is 22.7 Å². The van der Waals surface area contributed by atoms with Crippen LogP contribution in [-0.4, -0.2) is 0 Å². The van der Waals surface area contributed by atoms with E-state index in [0.717, 1.165) is 11.6 Å². The third-order valence-electron chi connectivity index (χ3n) is 3.13. The van der Waals surface area contributed by atoms with E-state index in [4.69, 9.17) is 5.84 Å². The molecule has 2 aromatic carbocycles. The Kier molecular flexibility index (Phi) is 4.42. The van der Waals surface area contributed by atoms with Crippen molar-refractivity contribution in [2.24, 2.45) is 5.84 Å². The number of halogens is 3. The first-order chi connectivity index (χ1) is 9.52. The first-order valence-corrected chi connectivity index (χ1v) is 6.18. The molecule has 1 unspecified atom stereocenters. The van der Waals surface area contributed by atoms with Gasteiger partial charge in [-0.15, -0.1) is 0 Å². The van der Waals surface area contributed by atoms with Crippen molar-refractivity contribution < 1.29 is 13.2 Å². The van der Waals surface area contributed by atoms with Gasteiger partial charge in [-0.1, -0.05) is 48.5 Å². The number of nitrogens with two attached hydrogens (primary N) is 1. The Labute approximate surface area is 115 Å². The number of rotatable bonds is 4. The SMILES string of the molecule is NNC(Cc1ccccc1)c1ccccc1C(F)(F)F. The van der Waals surface area contributed by atoms with Crippen molar-refractivity contribution in [3.63, 3.8) is 0 Å². The first-order valence-electron chi connectivity index (χ1n) is 6.18. The predicted octanol–water partition coefficient (Wildman–Crippen LogP) is 3.45. The molecular formula is C15H15F3N2. The molecule has 20 heavy (non-hydrogen) atoms. The molecule has 0 aromatic heterocycles. The van der Waals surface area contributed by atoms with E-state index in [1.807, 2.05) is 30.3 Å². The summed E-state index contributed by atoms with van der Waals surface area (Å²) in [5.74, 6) is 5.45. The second kappa shape index (κ2) is 6.07. The molecule has 0 heterocycles. The van der Waals surface area contributed by atoms with Crippen molar-refractivity contribution in [1.82, 2.24) is 5.43 Å². The molecule has 0 fully saturated rings. The number of hydrazine groups is 1. The fourth-order valence-corrected chi connectivity index (χ4v) is 2.17. The molecule has 0 aliphatic carbocycles. The van der Waals surface area contributed by atoms with Gasteiger partial charge in [0.2, 0.25) is 0 Å².